The summed E-state index contributed by atoms with van der Waals surface area (Å²) < 4.78 is 10.7. The van der Waals surface area contributed by atoms with Crippen LogP contribution in [0.15, 0.2) is 12.2 Å². The van der Waals surface area contributed by atoms with Crippen LogP contribution in [-0.4, -0.2) is 78.1 Å². The fraction of sp³-hybridized carbons (Fsp3) is 0.724. The van der Waals surface area contributed by atoms with Crippen LogP contribution in [0.25, 0.3) is 0 Å². The number of unbranched alkanes of at least 4 members (excludes halogenated alkanes) is 2. The molecular weight excluding hydrogens is 486 g/mol. The standard InChI is InChI=1S/C29H45N3O6/c1-6-8-9-20-37-27(35)24(11-7-2)30-26(34)23-12-10-17-32(21-23)25(33)14-13-22-15-18-31(19-16-22)28(36)38-29(3,4)5/h2,13-14,22-24H,6,8-12,15-21H2,1,3-5H3,(H,30,34)/b14-13+/t23-,24+/m1/s1. The van der Waals surface area contributed by atoms with Crippen molar-refractivity contribution in [2.24, 2.45) is 11.8 Å². The van der Waals surface area contributed by atoms with Crippen molar-refractivity contribution in [3.63, 3.8) is 0 Å². The van der Waals surface area contributed by atoms with Gasteiger partial charge in [-0.25, -0.2) is 9.59 Å². The van der Waals surface area contributed by atoms with Gasteiger partial charge in [0, 0.05) is 32.6 Å². The largest absolute Gasteiger partial charge is 0.464 e. The Bertz CT molecular complexity index is 880. The highest BCUT2D eigenvalue weighted by molar-refractivity contribution is 5.89. The minimum absolute atomic E-state index is 0.0587. The zero-order valence-corrected chi connectivity index (χ0v) is 23.5. The first-order valence-corrected chi connectivity index (χ1v) is 13.9. The molecule has 212 valence electrons. The molecule has 0 unspecified atom stereocenters. The molecule has 0 spiro atoms. The monoisotopic (exact) mass is 531 g/mol. The van der Waals surface area contributed by atoms with Crippen molar-refractivity contribution in [3.8, 4) is 12.3 Å². The summed E-state index contributed by atoms with van der Waals surface area (Å²) >= 11 is 0. The smallest absolute Gasteiger partial charge is 0.410 e. The van der Waals surface area contributed by atoms with Gasteiger partial charge in [-0.15, -0.1) is 12.3 Å². The van der Waals surface area contributed by atoms with Gasteiger partial charge in [-0.3, -0.25) is 9.59 Å². The molecule has 0 aromatic carbocycles. The number of carbonyl (C=O) groups excluding carboxylic acids is 4. The third kappa shape index (κ3) is 10.8. The lowest BCUT2D eigenvalue weighted by Crippen LogP contribution is -2.49. The summed E-state index contributed by atoms with van der Waals surface area (Å²) in [7, 11) is 0. The molecule has 1 N–H and O–H groups in total. The summed E-state index contributed by atoms with van der Waals surface area (Å²) in [6, 6.07) is -0.883. The predicted molar refractivity (Wildman–Crippen MR) is 145 cm³/mol. The summed E-state index contributed by atoms with van der Waals surface area (Å²) in [4.78, 5) is 53.8. The first-order chi connectivity index (χ1) is 18.0. The number of rotatable bonds is 10. The van der Waals surface area contributed by atoms with Crippen LogP contribution in [0.3, 0.4) is 0 Å². The molecule has 0 saturated carbocycles. The number of ether oxygens (including phenoxy) is 2. The molecule has 2 saturated heterocycles. The number of likely N-dealkylation sites (tertiary alicyclic amines) is 2. The lowest BCUT2D eigenvalue weighted by atomic mass is 9.95. The SMILES string of the molecule is C#CC[C@H](NC(=O)[C@@H]1CCCN(C(=O)/C=C/C2CCN(C(=O)OC(C)(C)C)CC2)C1)C(=O)OCCCCC. The molecule has 9 nitrogen and oxygen atoms in total. The molecule has 2 rings (SSSR count). The molecule has 0 bridgehead atoms. The third-order valence-electron chi connectivity index (χ3n) is 6.72. The van der Waals surface area contributed by atoms with E-state index in [2.05, 4.69) is 18.2 Å². The Morgan fingerprint density at radius 3 is 2.42 bits per heavy atom. The molecule has 2 heterocycles. The second kappa shape index (κ2) is 15.4. The summed E-state index contributed by atoms with van der Waals surface area (Å²) in [6.45, 7) is 9.96. The zero-order valence-electron chi connectivity index (χ0n) is 23.5. The van der Waals surface area contributed by atoms with E-state index in [4.69, 9.17) is 15.9 Å². The van der Waals surface area contributed by atoms with Crippen molar-refractivity contribution in [2.45, 2.75) is 90.7 Å². The number of hydrogen-bond donors (Lipinski definition) is 1. The maximum Gasteiger partial charge on any atom is 0.410 e. The number of carbonyl (C=O) groups is 4. The van der Waals surface area contributed by atoms with Crippen molar-refractivity contribution in [1.82, 2.24) is 15.1 Å². The zero-order chi connectivity index (χ0) is 28.1. The molecule has 0 aromatic heterocycles. The molecule has 2 atom stereocenters. The Hall–Kier alpha value is -3.02. The Labute approximate surface area is 227 Å². The van der Waals surface area contributed by atoms with Crippen LogP contribution in [0, 0.1) is 24.2 Å². The van der Waals surface area contributed by atoms with Crippen LogP contribution in [-0.2, 0) is 23.9 Å². The van der Waals surface area contributed by atoms with Gasteiger partial charge in [0.1, 0.15) is 11.6 Å². The number of nitrogens with one attached hydrogen (secondary N) is 1. The van der Waals surface area contributed by atoms with Gasteiger partial charge in [0.05, 0.1) is 12.5 Å². The van der Waals surface area contributed by atoms with Crippen molar-refractivity contribution >= 4 is 23.9 Å². The van der Waals surface area contributed by atoms with Crippen LogP contribution in [0.4, 0.5) is 4.79 Å². The van der Waals surface area contributed by atoms with Crippen LogP contribution >= 0.6 is 0 Å². The number of hydrogen-bond acceptors (Lipinski definition) is 6. The molecule has 38 heavy (non-hydrogen) atoms. The highest BCUT2D eigenvalue weighted by Crippen LogP contribution is 2.22. The predicted octanol–water partition coefficient (Wildman–Crippen LogP) is 3.67. The van der Waals surface area contributed by atoms with Crippen molar-refractivity contribution in [1.29, 1.82) is 0 Å². The van der Waals surface area contributed by atoms with Gasteiger partial charge in [0.15, 0.2) is 0 Å². The average molecular weight is 532 g/mol. The van der Waals surface area contributed by atoms with E-state index in [1.54, 1.807) is 15.9 Å². The van der Waals surface area contributed by atoms with Gasteiger partial charge >= 0.3 is 12.1 Å². The van der Waals surface area contributed by atoms with Crippen LogP contribution < -0.4 is 5.32 Å². The van der Waals surface area contributed by atoms with Gasteiger partial charge in [-0.1, -0.05) is 25.8 Å². The fourth-order valence-electron chi connectivity index (χ4n) is 4.54. The number of piperidine rings is 2. The van der Waals surface area contributed by atoms with Crippen molar-refractivity contribution < 1.29 is 28.7 Å². The van der Waals surface area contributed by atoms with Gasteiger partial charge in [-0.05, 0) is 64.9 Å². The summed E-state index contributed by atoms with van der Waals surface area (Å²) in [5.41, 5.74) is -0.525. The normalized spacial score (nSPS) is 19.5. The maximum absolute atomic E-state index is 12.9. The Morgan fingerprint density at radius 2 is 1.79 bits per heavy atom. The summed E-state index contributed by atoms with van der Waals surface area (Å²) in [5.74, 6) is 1.29. The molecule has 0 aliphatic carbocycles. The topological polar surface area (TPSA) is 105 Å². The molecular formula is C29H45N3O6. The first kappa shape index (κ1) is 31.2. The Kier molecular flexibility index (Phi) is 12.6. The maximum atomic E-state index is 12.9. The van der Waals surface area contributed by atoms with Crippen molar-refractivity contribution in [3.05, 3.63) is 12.2 Å². The second-order valence-electron chi connectivity index (χ2n) is 11.1. The van der Waals surface area contributed by atoms with Crippen LogP contribution in [0.1, 0.15) is 79.1 Å². The minimum Gasteiger partial charge on any atom is -0.464 e. The number of amides is 3. The molecule has 9 heteroatoms. The molecule has 2 aliphatic rings. The molecule has 0 aromatic rings. The highest BCUT2D eigenvalue weighted by atomic mass is 16.6. The molecule has 0 radical (unpaired) electrons. The lowest BCUT2D eigenvalue weighted by Gasteiger charge is -2.33. The van der Waals surface area contributed by atoms with Gasteiger partial charge in [0.25, 0.3) is 0 Å². The quantitative estimate of drug-likeness (QED) is 0.200. The van der Waals surface area contributed by atoms with E-state index < -0.39 is 23.5 Å². The van der Waals surface area contributed by atoms with Gasteiger partial charge in [0.2, 0.25) is 11.8 Å². The number of nitrogens with zero attached hydrogens (tertiary/aromatic N) is 2. The molecule has 2 fully saturated rings. The van der Waals surface area contributed by atoms with E-state index in [9.17, 15) is 19.2 Å². The van der Waals surface area contributed by atoms with Crippen molar-refractivity contribution in [2.75, 3.05) is 32.8 Å². The molecule has 2 aliphatic heterocycles. The first-order valence-electron chi connectivity index (χ1n) is 13.9. The van der Waals surface area contributed by atoms with E-state index in [-0.39, 0.29) is 30.2 Å². The van der Waals surface area contributed by atoms with Gasteiger partial charge in [-0.2, -0.15) is 0 Å². The lowest BCUT2D eigenvalue weighted by molar-refractivity contribution is -0.148. The molecule has 3 amide bonds. The van der Waals surface area contributed by atoms with E-state index in [0.717, 1.165) is 32.1 Å². The third-order valence-corrected chi connectivity index (χ3v) is 6.72. The van der Waals surface area contributed by atoms with E-state index >= 15 is 0 Å². The van der Waals surface area contributed by atoms with E-state index in [0.29, 0.717) is 45.6 Å². The average Bonchev–Trinajstić information content (AvgIpc) is 2.88. The van der Waals surface area contributed by atoms with Crippen LogP contribution in [0.2, 0.25) is 0 Å². The van der Waals surface area contributed by atoms with Gasteiger partial charge < -0.3 is 24.6 Å². The Morgan fingerprint density at radius 1 is 1.08 bits per heavy atom. The fourth-order valence-corrected chi connectivity index (χ4v) is 4.54. The number of allylic oxidation sites excluding steroid dienone is 1. The van der Waals surface area contributed by atoms with Crippen LogP contribution in [0.5, 0.6) is 0 Å². The second-order valence-corrected chi connectivity index (χ2v) is 11.1. The number of esters is 1. The highest BCUT2D eigenvalue weighted by Gasteiger charge is 2.31. The summed E-state index contributed by atoms with van der Waals surface area (Å²) in [6.07, 6.45) is 14.3. The van der Waals surface area contributed by atoms with E-state index in [1.807, 2.05) is 26.8 Å². The Balaban J connectivity index is 1.83. The summed E-state index contributed by atoms with van der Waals surface area (Å²) in [5, 5.41) is 2.74. The number of terminal acetylenes is 1. The van der Waals surface area contributed by atoms with E-state index in [1.165, 1.54) is 0 Å². The minimum atomic E-state index is -0.883.